The molecule has 5 nitrogen and oxygen atoms in total. The number of nitrogens with one attached hydrogen (secondary N) is 1. The Morgan fingerprint density at radius 3 is 2.37 bits per heavy atom. The van der Waals surface area contributed by atoms with Crippen LogP contribution in [-0.2, 0) is 14.8 Å². The highest BCUT2D eigenvalue weighted by molar-refractivity contribution is 7.89. The largest absolute Gasteiger partial charge is 0.325 e. The quantitative estimate of drug-likeness (QED) is 0.834. The van der Waals surface area contributed by atoms with Crippen LogP contribution in [0.25, 0.3) is 0 Å². The zero-order valence-corrected chi connectivity index (χ0v) is 17.0. The summed E-state index contributed by atoms with van der Waals surface area (Å²) in [5.74, 6) is -0.348. The van der Waals surface area contributed by atoms with Crippen molar-refractivity contribution in [2.24, 2.45) is 5.92 Å². The van der Waals surface area contributed by atoms with Crippen molar-refractivity contribution >= 4 is 33.2 Å². The number of anilines is 1. The Bertz CT molecular complexity index is 951. The van der Waals surface area contributed by atoms with Crippen LogP contribution in [0.1, 0.15) is 24.0 Å². The molecule has 1 saturated heterocycles. The molecule has 1 aliphatic heterocycles. The van der Waals surface area contributed by atoms with Crippen molar-refractivity contribution in [3.63, 3.8) is 0 Å². The molecule has 3 rings (SSSR count). The molecule has 27 heavy (non-hydrogen) atoms. The summed E-state index contributed by atoms with van der Waals surface area (Å²) in [6.45, 7) is 4.51. The average Bonchev–Trinajstić information content (AvgIpc) is 2.65. The molecule has 0 saturated carbocycles. The number of para-hydroxylation sites is 1. The minimum Gasteiger partial charge on any atom is -0.325 e. The number of carbonyl (C=O) groups is 1. The summed E-state index contributed by atoms with van der Waals surface area (Å²) in [4.78, 5) is 12.8. The highest BCUT2D eigenvalue weighted by atomic mass is 35.5. The highest BCUT2D eigenvalue weighted by Gasteiger charge is 2.32. The van der Waals surface area contributed by atoms with Gasteiger partial charge in [0.25, 0.3) is 0 Å². The van der Waals surface area contributed by atoms with E-state index < -0.39 is 10.0 Å². The maximum Gasteiger partial charge on any atom is 0.243 e. The van der Waals surface area contributed by atoms with Crippen LogP contribution in [0.5, 0.6) is 0 Å². The monoisotopic (exact) mass is 406 g/mol. The minimum atomic E-state index is -3.54. The number of sulfonamides is 1. The Balaban J connectivity index is 1.65. The first-order chi connectivity index (χ1) is 12.8. The molecule has 0 aliphatic carbocycles. The minimum absolute atomic E-state index is 0.119. The van der Waals surface area contributed by atoms with Crippen molar-refractivity contribution in [3.8, 4) is 0 Å². The third-order valence-electron chi connectivity index (χ3n) is 5.07. The number of aryl methyl sites for hydroxylation is 2. The van der Waals surface area contributed by atoms with E-state index in [9.17, 15) is 13.2 Å². The van der Waals surface area contributed by atoms with Gasteiger partial charge in [-0.05, 0) is 62.1 Å². The Hall–Kier alpha value is -1.89. The van der Waals surface area contributed by atoms with Gasteiger partial charge in [-0.1, -0.05) is 29.8 Å². The predicted molar refractivity (Wildman–Crippen MR) is 107 cm³/mol. The van der Waals surface area contributed by atoms with E-state index in [0.717, 1.165) is 11.1 Å². The van der Waals surface area contributed by atoms with Crippen molar-refractivity contribution in [2.45, 2.75) is 31.6 Å². The van der Waals surface area contributed by atoms with E-state index in [4.69, 9.17) is 11.6 Å². The predicted octanol–water partition coefficient (Wildman–Crippen LogP) is 4.00. The summed E-state index contributed by atoms with van der Waals surface area (Å²) >= 11 is 6.08. The maximum atomic E-state index is 12.9. The molecule has 2 aromatic carbocycles. The molecular formula is C20H23ClN2O3S. The van der Waals surface area contributed by atoms with Crippen LogP contribution in [0.4, 0.5) is 5.69 Å². The summed E-state index contributed by atoms with van der Waals surface area (Å²) in [6, 6.07) is 12.3. The number of rotatable bonds is 4. The second-order valence-electron chi connectivity index (χ2n) is 6.89. The first kappa shape index (κ1) is 19.9. The molecule has 0 spiro atoms. The van der Waals surface area contributed by atoms with Gasteiger partial charge < -0.3 is 5.32 Å². The van der Waals surface area contributed by atoms with Crippen molar-refractivity contribution in [2.75, 3.05) is 18.4 Å². The first-order valence-corrected chi connectivity index (χ1v) is 10.7. The van der Waals surface area contributed by atoms with Crippen LogP contribution in [0.3, 0.4) is 0 Å². The molecule has 1 fully saturated rings. The third-order valence-corrected chi connectivity index (χ3v) is 7.30. The molecule has 1 heterocycles. The Labute approximate surface area is 165 Å². The van der Waals surface area contributed by atoms with Gasteiger partial charge in [0, 0.05) is 19.0 Å². The van der Waals surface area contributed by atoms with E-state index in [0.29, 0.717) is 41.5 Å². The molecule has 144 valence electrons. The van der Waals surface area contributed by atoms with Gasteiger partial charge in [-0.25, -0.2) is 8.42 Å². The SMILES string of the molecule is Cc1ccc(S(=O)(=O)N2CCC(C(=O)Nc3ccccc3Cl)CC2)cc1C. The Morgan fingerprint density at radius 1 is 1.07 bits per heavy atom. The van der Waals surface area contributed by atoms with Gasteiger partial charge in [0.15, 0.2) is 0 Å². The van der Waals surface area contributed by atoms with Gasteiger partial charge in [0.05, 0.1) is 15.6 Å². The number of carbonyl (C=O) groups excluding carboxylic acids is 1. The van der Waals surface area contributed by atoms with Gasteiger partial charge in [-0.15, -0.1) is 0 Å². The number of benzene rings is 2. The van der Waals surface area contributed by atoms with Crippen LogP contribution >= 0.6 is 11.6 Å². The lowest BCUT2D eigenvalue weighted by molar-refractivity contribution is -0.120. The molecule has 1 amide bonds. The maximum absolute atomic E-state index is 12.9. The number of piperidine rings is 1. The lowest BCUT2D eigenvalue weighted by Crippen LogP contribution is -2.41. The van der Waals surface area contributed by atoms with Gasteiger partial charge in [-0.2, -0.15) is 4.31 Å². The van der Waals surface area contributed by atoms with Crippen molar-refractivity contribution < 1.29 is 13.2 Å². The molecule has 7 heteroatoms. The van der Waals surface area contributed by atoms with Gasteiger partial charge >= 0.3 is 0 Å². The lowest BCUT2D eigenvalue weighted by atomic mass is 9.97. The van der Waals surface area contributed by atoms with Gasteiger partial charge in [0.2, 0.25) is 15.9 Å². The molecule has 1 aliphatic rings. The standard InChI is InChI=1S/C20H23ClN2O3S/c1-14-7-8-17(13-15(14)2)27(25,26)23-11-9-16(10-12-23)20(24)22-19-6-4-3-5-18(19)21/h3-8,13,16H,9-12H2,1-2H3,(H,22,24). The zero-order valence-electron chi connectivity index (χ0n) is 15.4. The highest BCUT2D eigenvalue weighted by Crippen LogP contribution is 2.27. The van der Waals surface area contributed by atoms with Crippen LogP contribution < -0.4 is 5.32 Å². The zero-order chi connectivity index (χ0) is 19.6. The Kier molecular flexibility index (Phi) is 5.89. The molecular weight excluding hydrogens is 384 g/mol. The summed E-state index contributed by atoms with van der Waals surface area (Å²) < 4.78 is 27.2. The van der Waals surface area contributed by atoms with E-state index in [1.165, 1.54) is 4.31 Å². The fourth-order valence-electron chi connectivity index (χ4n) is 3.18. The van der Waals surface area contributed by atoms with Crippen molar-refractivity contribution in [1.29, 1.82) is 0 Å². The summed E-state index contributed by atoms with van der Waals surface area (Å²) in [6.07, 6.45) is 0.973. The first-order valence-electron chi connectivity index (χ1n) is 8.92. The van der Waals surface area contributed by atoms with Gasteiger partial charge in [-0.3, -0.25) is 4.79 Å². The molecule has 0 radical (unpaired) electrons. The number of halogens is 1. The van der Waals surface area contributed by atoms with E-state index in [2.05, 4.69) is 5.32 Å². The third kappa shape index (κ3) is 4.34. The molecule has 0 aromatic heterocycles. The van der Waals surface area contributed by atoms with Crippen molar-refractivity contribution in [3.05, 3.63) is 58.6 Å². The Morgan fingerprint density at radius 2 is 1.74 bits per heavy atom. The average molecular weight is 407 g/mol. The van der Waals surface area contributed by atoms with E-state index in [1.807, 2.05) is 19.9 Å². The fourth-order valence-corrected chi connectivity index (χ4v) is 4.92. The van der Waals surface area contributed by atoms with Crippen LogP contribution in [-0.4, -0.2) is 31.7 Å². The van der Waals surface area contributed by atoms with Crippen LogP contribution in [0.15, 0.2) is 47.4 Å². The second-order valence-corrected chi connectivity index (χ2v) is 9.24. The van der Waals surface area contributed by atoms with Crippen LogP contribution in [0.2, 0.25) is 5.02 Å². The fraction of sp³-hybridized carbons (Fsp3) is 0.350. The molecule has 0 atom stereocenters. The normalized spacial score (nSPS) is 16.3. The summed E-state index contributed by atoms with van der Waals surface area (Å²) in [5, 5.41) is 3.33. The summed E-state index contributed by atoms with van der Waals surface area (Å²) in [7, 11) is -3.54. The van der Waals surface area contributed by atoms with E-state index >= 15 is 0 Å². The number of nitrogens with zero attached hydrogens (tertiary/aromatic N) is 1. The smallest absolute Gasteiger partial charge is 0.243 e. The second kappa shape index (κ2) is 8.00. The molecule has 1 N–H and O–H groups in total. The molecule has 0 bridgehead atoms. The number of hydrogen-bond acceptors (Lipinski definition) is 3. The molecule has 0 unspecified atom stereocenters. The van der Waals surface area contributed by atoms with E-state index in [-0.39, 0.29) is 11.8 Å². The molecule has 2 aromatic rings. The summed E-state index contributed by atoms with van der Waals surface area (Å²) in [5.41, 5.74) is 2.59. The number of hydrogen-bond donors (Lipinski definition) is 1. The van der Waals surface area contributed by atoms with E-state index in [1.54, 1.807) is 36.4 Å². The topological polar surface area (TPSA) is 66.5 Å². The van der Waals surface area contributed by atoms with Crippen LogP contribution in [0, 0.1) is 19.8 Å². The number of amides is 1. The van der Waals surface area contributed by atoms with Crippen molar-refractivity contribution in [1.82, 2.24) is 4.31 Å². The van der Waals surface area contributed by atoms with Gasteiger partial charge in [0.1, 0.15) is 0 Å². The lowest BCUT2D eigenvalue weighted by Gasteiger charge is -2.30.